The molecule has 0 radical (unpaired) electrons. The Morgan fingerprint density at radius 1 is 1.12 bits per heavy atom. The highest BCUT2D eigenvalue weighted by Crippen LogP contribution is 2.20. The zero-order valence-corrected chi connectivity index (χ0v) is 15.0. The Balaban J connectivity index is 1.66. The summed E-state index contributed by atoms with van der Waals surface area (Å²) in [7, 11) is 0. The lowest BCUT2D eigenvalue weighted by Gasteiger charge is -2.09. The molecule has 24 heavy (non-hydrogen) atoms. The number of amides is 1. The fourth-order valence-corrected chi connectivity index (χ4v) is 2.80. The molecule has 3 aromatic rings. The van der Waals surface area contributed by atoms with Gasteiger partial charge in [-0.25, -0.2) is 0 Å². The third-order valence-electron chi connectivity index (χ3n) is 3.52. The van der Waals surface area contributed by atoms with Crippen molar-refractivity contribution in [1.82, 2.24) is 20.1 Å². The number of hydrogen-bond donors (Lipinski definition) is 1. The van der Waals surface area contributed by atoms with E-state index in [1.54, 1.807) is 23.3 Å². The van der Waals surface area contributed by atoms with Gasteiger partial charge in [0.2, 0.25) is 0 Å². The summed E-state index contributed by atoms with van der Waals surface area (Å²) in [5, 5.41) is 11.2. The van der Waals surface area contributed by atoms with E-state index in [1.165, 1.54) is 0 Å². The maximum atomic E-state index is 12.4. The van der Waals surface area contributed by atoms with Gasteiger partial charge in [0.15, 0.2) is 0 Å². The molecule has 0 saturated heterocycles. The van der Waals surface area contributed by atoms with Crippen LogP contribution >= 0.6 is 27.5 Å². The van der Waals surface area contributed by atoms with Gasteiger partial charge in [0.05, 0.1) is 5.56 Å². The SMILES string of the molecule is O=C(NCCc1ccc(Cl)cc1)c1cc(-n2cnnc2)ccc1Br. The van der Waals surface area contributed by atoms with Crippen molar-refractivity contribution < 1.29 is 4.79 Å². The number of halogens is 2. The largest absolute Gasteiger partial charge is 0.352 e. The first kappa shape index (κ1) is 16.7. The van der Waals surface area contributed by atoms with Crippen LogP contribution in [0.1, 0.15) is 15.9 Å². The van der Waals surface area contributed by atoms with Gasteiger partial charge in [-0.1, -0.05) is 23.7 Å². The number of carbonyl (C=O) groups is 1. The van der Waals surface area contributed by atoms with Crippen LogP contribution < -0.4 is 5.32 Å². The van der Waals surface area contributed by atoms with Crippen LogP contribution in [0.2, 0.25) is 5.02 Å². The summed E-state index contributed by atoms with van der Waals surface area (Å²) in [4.78, 5) is 12.4. The zero-order chi connectivity index (χ0) is 16.9. The molecule has 0 bridgehead atoms. The summed E-state index contributed by atoms with van der Waals surface area (Å²) in [6.45, 7) is 0.545. The molecule has 1 N–H and O–H groups in total. The molecule has 5 nitrogen and oxygen atoms in total. The molecule has 0 unspecified atom stereocenters. The highest BCUT2D eigenvalue weighted by Gasteiger charge is 2.11. The van der Waals surface area contributed by atoms with Crippen LogP contribution in [0.25, 0.3) is 5.69 Å². The molecule has 7 heteroatoms. The number of carbonyl (C=O) groups excluding carboxylic acids is 1. The average Bonchev–Trinajstić information content (AvgIpc) is 3.11. The fourth-order valence-electron chi connectivity index (χ4n) is 2.25. The molecule has 1 heterocycles. The Morgan fingerprint density at radius 2 is 1.83 bits per heavy atom. The number of aromatic nitrogens is 3. The van der Waals surface area contributed by atoms with E-state index < -0.39 is 0 Å². The lowest BCUT2D eigenvalue weighted by atomic mass is 10.1. The van der Waals surface area contributed by atoms with Crippen molar-refractivity contribution >= 4 is 33.4 Å². The lowest BCUT2D eigenvalue weighted by molar-refractivity contribution is 0.0953. The third kappa shape index (κ3) is 4.01. The third-order valence-corrected chi connectivity index (χ3v) is 4.47. The molecule has 0 spiro atoms. The van der Waals surface area contributed by atoms with Crippen LogP contribution in [-0.4, -0.2) is 27.2 Å². The number of hydrogen-bond acceptors (Lipinski definition) is 3. The average molecular weight is 406 g/mol. The van der Waals surface area contributed by atoms with Gasteiger partial charge in [0.25, 0.3) is 5.91 Å². The first-order valence-corrected chi connectivity index (χ1v) is 8.48. The predicted octanol–water partition coefficient (Wildman–Crippen LogP) is 3.66. The van der Waals surface area contributed by atoms with E-state index >= 15 is 0 Å². The molecule has 0 atom stereocenters. The Labute approximate surface area is 152 Å². The number of nitrogens with one attached hydrogen (secondary N) is 1. The second-order valence-electron chi connectivity index (χ2n) is 5.17. The summed E-state index contributed by atoms with van der Waals surface area (Å²) in [5.41, 5.74) is 2.51. The standard InChI is InChI=1S/C17H14BrClN4O/c18-16-6-5-14(23-10-21-22-11-23)9-15(16)17(24)20-8-7-12-1-3-13(19)4-2-12/h1-6,9-11H,7-8H2,(H,20,24). The van der Waals surface area contributed by atoms with E-state index in [4.69, 9.17) is 11.6 Å². The molecule has 122 valence electrons. The lowest BCUT2D eigenvalue weighted by Crippen LogP contribution is -2.26. The highest BCUT2D eigenvalue weighted by molar-refractivity contribution is 9.10. The smallest absolute Gasteiger partial charge is 0.252 e. The van der Waals surface area contributed by atoms with Crippen LogP contribution in [0.3, 0.4) is 0 Å². The maximum absolute atomic E-state index is 12.4. The van der Waals surface area contributed by atoms with Crippen molar-refractivity contribution in [3.8, 4) is 5.69 Å². The van der Waals surface area contributed by atoms with Crippen molar-refractivity contribution in [1.29, 1.82) is 0 Å². The Kier molecular flexibility index (Phi) is 5.27. The van der Waals surface area contributed by atoms with E-state index in [1.807, 2.05) is 36.4 Å². The zero-order valence-electron chi connectivity index (χ0n) is 12.6. The minimum Gasteiger partial charge on any atom is -0.352 e. The fraction of sp³-hybridized carbons (Fsp3) is 0.118. The van der Waals surface area contributed by atoms with Crippen LogP contribution in [-0.2, 0) is 6.42 Å². The molecular formula is C17H14BrClN4O. The van der Waals surface area contributed by atoms with Crippen molar-refractivity contribution in [3.05, 3.63) is 75.7 Å². The summed E-state index contributed by atoms with van der Waals surface area (Å²) in [6.07, 6.45) is 3.92. The van der Waals surface area contributed by atoms with Gasteiger partial charge in [0.1, 0.15) is 12.7 Å². The number of benzene rings is 2. The minimum atomic E-state index is -0.134. The van der Waals surface area contributed by atoms with E-state index in [9.17, 15) is 4.79 Å². The molecule has 0 aliphatic rings. The van der Waals surface area contributed by atoms with Gasteiger partial charge in [-0.3, -0.25) is 9.36 Å². The van der Waals surface area contributed by atoms with Crippen molar-refractivity contribution in [2.75, 3.05) is 6.54 Å². The van der Waals surface area contributed by atoms with Crippen molar-refractivity contribution in [2.45, 2.75) is 6.42 Å². The molecule has 2 aromatic carbocycles. The molecule has 1 amide bonds. The first-order valence-electron chi connectivity index (χ1n) is 7.30. The molecule has 1 aromatic heterocycles. The minimum absolute atomic E-state index is 0.134. The molecule has 0 saturated carbocycles. The maximum Gasteiger partial charge on any atom is 0.252 e. The van der Waals surface area contributed by atoms with Gasteiger partial charge >= 0.3 is 0 Å². The normalized spacial score (nSPS) is 10.6. The molecule has 3 rings (SSSR count). The van der Waals surface area contributed by atoms with Crippen molar-refractivity contribution in [3.63, 3.8) is 0 Å². The van der Waals surface area contributed by atoms with Crippen molar-refractivity contribution in [2.24, 2.45) is 0 Å². The quantitative estimate of drug-likeness (QED) is 0.705. The molecule has 0 aliphatic heterocycles. The van der Waals surface area contributed by atoms with Crippen LogP contribution in [0.15, 0.2) is 59.6 Å². The second kappa shape index (κ2) is 7.59. The second-order valence-corrected chi connectivity index (χ2v) is 6.46. The van der Waals surface area contributed by atoms with Crippen LogP contribution in [0.4, 0.5) is 0 Å². The molecular weight excluding hydrogens is 392 g/mol. The van der Waals surface area contributed by atoms with Gasteiger partial charge in [-0.05, 0) is 58.2 Å². The number of rotatable bonds is 5. The van der Waals surface area contributed by atoms with Gasteiger partial charge in [-0.15, -0.1) is 10.2 Å². The Hall–Kier alpha value is -2.18. The summed E-state index contributed by atoms with van der Waals surface area (Å²) in [6, 6.07) is 13.1. The Morgan fingerprint density at radius 3 is 2.54 bits per heavy atom. The molecule has 0 aliphatic carbocycles. The van der Waals surface area contributed by atoms with Crippen LogP contribution in [0.5, 0.6) is 0 Å². The number of nitrogens with zero attached hydrogens (tertiary/aromatic N) is 3. The highest BCUT2D eigenvalue weighted by atomic mass is 79.9. The van der Waals surface area contributed by atoms with Gasteiger partial charge in [-0.2, -0.15) is 0 Å². The van der Waals surface area contributed by atoms with E-state index in [-0.39, 0.29) is 5.91 Å². The summed E-state index contributed by atoms with van der Waals surface area (Å²) >= 11 is 9.29. The van der Waals surface area contributed by atoms with Gasteiger partial charge < -0.3 is 5.32 Å². The first-order chi connectivity index (χ1) is 11.6. The Bertz CT molecular complexity index is 834. The van der Waals surface area contributed by atoms with E-state index in [0.717, 1.165) is 22.1 Å². The van der Waals surface area contributed by atoms with Crippen LogP contribution in [0, 0.1) is 0 Å². The van der Waals surface area contributed by atoms with E-state index in [0.29, 0.717) is 17.1 Å². The summed E-state index contributed by atoms with van der Waals surface area (Å²) < 4.78 is 2.49. The molecule has 0 fully saturated rings. The van der Waals surface area contributed by atoms with Gasteiger partial charge in [0, 0.05) is 21.7 Å². The van der Waals surface area contributed by atoms with E-state index in [2.05, 4.69) is 31.4 Å². The monoisotopic (exact) mass is 404 g/mol. The topological polar surface area (TPSA) is 59.8 Å². The summed E-state index contributed by atoms with van der Waals surface area (Å²) in [5.74, 6) is -0.134. The predicted molar refractivity (Wildman–Crippen MR) is 96.5 cm³/mol.